The van der Waals surface area contributed by atoms with E-state index in [0.29, 0.717) is 0 Å². The van der Waals surface area contributed by atoms with Gasteiger partial charge in [0.05, 0.1) is 17.8 Å². The van der Waals surface area contributed by atoms with Crippen molar-refractivity contribution in [2.24, 2.45) is 0 Å². The average molecular weight is 316 g/mol. The Morgan fingerprint density at radius 2 is 1.91 bits per heavy atom. The van der Waals surface area contributed by atoms with Crippen molar-refractivity contribution < 1.29 is 14.0 Å². The summed E-state index contributed by atoms with van der Waals surface area (Å²) in [5.41, 5.74) is 0.437. The number of carbonyl (C=O) groups excluding carboxylic acids is 2. The molecule has 0 aliphatic heterocycles. The Hall–Kier alpha value is -2.96. The van der Waals surface area contributed by atoms with Gasteiger partial charge in [-0.1, -0.05) is 12.1 Å². The van der Waals surface area contributed by atoms with Crippen LogP contribution in [-0.2, 0) is 4.79 Å². The molecule has 0 aliphatic carbocycles. The van der Waals surface area contributed by atoms with Gasteiger partial charge >= 0.3 is 0 Å². The summed E-state index contributed by atoms with van der Waals surface area (Å²) in [6.07, 6.45) is 1.49. The molecule has 23 heavy (non-hydrogen) atoms. The van der Waals surface area contributed by atoms with Crippen LogP contribution in [0, 0.1) is 5.82 Å². The van der Waals surface area contributed by atoms with Gasteiger partial charge in [0.25, 0.3) is 5.91 Å². The van der Waals surface area contributed by atoms with Crippen LogP contribution in [-0.4, -0.2) is 42.3 Å². The van der Waals surface area contributed by atoms with Crippen LogP contribution in [0.25, 0.3) is 0 Å². The number of carbonyl (C=O) groups is 2. The zero-order valence-corrected chi connectivity index (χ0v) is 12.8. The van der Waals surface area contributed by atoms with Gasteiger partial charge in [0.15, 0.2) is 0 Å². The first-order chi connectivity index (χ1) is 11.0. The molecule has 1 heterocycles. The van der Waals surface area contributed by atoms with E-state index in [4.69, 9.17) is 0 Å². The third-order valence-electron chi connectivity index (χ3n) is 3.08. The van der Waals surface area contributed by atoms with E-state index >= 15 is 0 Å². The van der Waals surface area contributed by atoms with E-state index in [2.05, 4.69) is 15.6 Å². The molecule has 0 aliphatic rings. The lowest BCUT2D eigenvalue weighted by Crippen LogP contribution is -2.36. The normalized spacial score (nSPS) is 10.0. The van der Waals surface area contributed by atoms with E-state index in [9.17, 15) is 14.0 Å². The monoisotopic (exact) mass is 316 g/mol. The summed E-state index contributed by atoms with van der Waals surface area (Å²) in [4.78, 5) is 29.2. The van der Waals surface area contributed by atoms with Gasteiger partial charge in [-0.05, 0) is 24.3 Å². The highest BCUT2D eigenvalue weighted by molar-refractivity contribution is 6.00. The van der Waals surface area contributed by atoms with Gasteiger partial charge in [0, 0.05) is 20.3 Å². The summed E-state index contributed by atoms with van der Waals surface area (Å²) < 4.78 is 13.7. The van der Waals surface area contributed by atoms with Crippen molar-refractivity contribution in [1.29, 1.82) is 0 Å². The predicted octanol–water partition coefficient (Wildman–Crippen LogP) is 1.78. The molecule has 120 valence electrons. The average Bonchev–Trinajstić information content (AvgIpc) is 2.54. The van der Waals surface area contributed by atoms with Crippen molar-refractivity contribution in [1.82, 2.24) is 15.2 Å². The van der Waals surface area contributed by atoms with Crippen molar-refractivity contribution >= 4 is 23.3 Å². The molecule has 0 saturated heterocycles. The maximum Gasteiger partial charge on any atom is 0.255 e. The lowest BCUT2D eigenvalue weighted by Gasteiger charge is -2.13. The van der Waals surface area contributed by atoms with Crippen LogP contribution in [0.15, 0.2) is 42.6 Å². The minimum atomic E-state index is -0.466. The second-order valence-corrected chi connectivity index (χ2v) is 4.98. The quantitative estimate of drug-likeness (QED) is 0.882. The summed E-state index contributed by atoms with van der Waals surface area (Å²) in [5, 5.41) is 5.31. The highest BCUT2D eigenvalue weighted by atomic mass is 19.1. The number of halogens is 1. The molecule has 2 N–H and O–H groups in total. The Balaban J connectivity index is 2.16. The molecule has 2 rings (SSSR count). The summed E-state index contributed by atoms with van der Waals surface area (Å²) in [6, 6.07) is 9.23. The third-order valence-corrected chi connectivity index (χ3v) is 3.08. The SMILES string of the molecule is CN(C)C(=O)CNC(=O)c1cccnc1Nc1ccccc1F. The van der Waals surface area contributed by atoms with Gasteiger partial charge in [-0.3, -0.25) is 9.59 Å². The fraction of sp³-hybridized carbons (Fsp3) is 0.188. The third kappa shape index (κ3) is 4.26. The predicted molar refractivity (Wildman–Crippen MR) is 84.9 cm³/mol. The van der Waals surface area contributed by atoms with Crippen LogP contribution in [0.1, 0.15) is 10.4 Å². The number of benzene rings is 1. The number of likely N-dealkylation sites (N-methyl/N-ethyl adjacent to an activating group) is 1. The standard InChI is InChI=1S/C16H17FN4O2/c1-21(2)14(22)10-19-16(23)11-6-5-9-18-15(11)20-13-8-4-3-7-12(13)17/h3-9H,10H2,1-2H3,(H,18,20)(H,19,23). The van der Waals surface area contributed by atoms with E-state index in [0.717, 1.165) is 0 Å². The topological polar surface area (TPSA) is 74.3 Å². The lowest BCUT2D eigenvalue weighted by molar-refractivity contribution is -0.127. The molecular formula is C16H17FN4O2. The van der Waals surface area contributed by atoms with Crippen LogP contribution in [0.3, 0.4) is 0 Å². The molecule has 0 saturated carbocycles. The number of para-hydroxylation sites is 1. The minimum absolute atomic E-state index is 0.125. The second kappa shape index (κ2) is 7.35. The fourth-order valence-corrected chi connectivity index (χ4v) is 1.79. The van der Waals surface area contributed by atoms with Crippen LogP contribution in [0.2, 0.25) is 0 Å². The lowest BCUT2D eigenvalue weighted by atomic mass is 10.2. The number of hydrogen-bond donors (Lipinski definition) is 2. The van der Waals surface area contributed by atoms with E-state index in [1.807, 2.05) is 0 Å². The fourth-order valence-electron chi connectivity index (χ4n) is 1.79. The van der Waals surface area contributed by atoms with Crippen LogP contribution < -0.4 is 10.6 Å². The molecule has 0 fully saturated rings. The molecule has 1 aromatic heterocycles. The van der Waals surface area contributed by atoms with Crippen LogP contribution in [0.4, 0.5) is 15.9 Å². The molecule has 7 heteroatoms. The van der Waals surface area contributed by atoms with E-state index in [1.54, 1.807) is 44.4 Å². The first kappa shape index (κ1) is 16.4. The molecule has 0 atom stereocenters. The number of rotatable bonds is 5. The highest BCUT2D eigenvalue weighted by Crippen LogP contribution is 2.20. The number of aromatic nitrogens is 1. The zero-order valence-electron chi connectivity index (χ0n) is 12.8. The molecule has 0 bridgehead atoms. The maximum atomic E-state index is 13.7. The molecule has 2 aromatic rings. The van der Waals surface area contributed by atoms with Gasteiger partial charge < -0.3 is 15.5 Å². The molecule has 0 unspecified atom stereocenters. The highest BCUT2D eigenvalue weighted by Gasteiger charge is 2.15. The molecule has 0 spiro atoms. The van der Waals surface area contributed by atoms with Gasteiger partial charge in [-0.2, -0.15) is 0 Å². The van der Waals surface area contributed by atoms with Crippen molar-refractivity contribution in [3.63, 3.8) is 0 Å². The van der Waals surface area contributed by atoms with Gasteiger partial charge in [-0.15, -0.1) is 0 Å². The molecule has 2 amide bonds. The number of nitrogens with zero attached hydrogens (tertiary/aromatic N) is 2. The van der Waals surface area contributed by atoms with Crippen molar-refractivity contribution in [3.05, 3.63) is 54.0 Å². The number of nitrogens with one attached hydrogen (secondary N) is 2. The molecule has 0 radical (unpaired) electrons. The maximum absolute atomic E-state index is 13.7. The Labute approximate surface area is 133 Å². The number of anilines is 2. The Morgan fingerprint density at radius 3 is 2.61 bits per heavy atom. The second-order valence-electron chi connectivity index (χ2n) is 4.98. The first-order valence-electron chi connectivity index (χ1n) is 6.94. The number of hydrogen-bond acceptors (Lipinski definition) is 4. The van der Waals surface area contributed by atoms with Crippen molar-refractivity contribution in [3.8, 4) is 0 Å². The van der Waals surface area contributed by atoms with Gasteiger partial charge in [0.1, 0.15) is 11.6 Å². The van der Waals surface area contributed by atoms with Gasteiger partial charge in [-0.25, -0.2) is 9.37 Å². The Kier molecular flexibility index (Phi) is 5.24. The summed E-state index contributed by atoms with van der Waals surface area (Å²) >= 11 is 0. The molecule has 6 nitrogen and oxygen atoms in total. The Bertz CT molecular complexity index is 719. The van der Waals surface area contributed by atoms with E-state index in [-0.39, 0.29) is 29.5 Å². The van der Waals surface area contributed by atoms with Gasteiger partial charge in [0.2, 0.25) is 5.91 Å². The first-order valence-corrected chi connectivity index (χ1v) is 6.94. The Morgan fingerprint density at radius 1 is 1.17 bits per heavy atom. The van der Waals surface area contributed by atoms with Crippen molar-refractivity contribution in [2.75, 3.05) is 26.0 Å². The largest absolute Gasteiger partial charge is 0.347 e. The number of pyridine rings is 1. The smallest absolute Gasteiger partial charge is 0.255 e. The van der Waals surface area contributed by atoms with Crippen molar-refractivity contribution in [2.45, 2.75) is 0 Å². The minimum Gasteiger partial charge on any atom is -0.347 e. The zero-order chi connectivity index (χ0) is 16.8. The molecular weight excluding hydrogens is 299 g/mol. The van der Waals surface area contributed by atoms with Crippen LogP contribution in [0.5, 0.6) is 0 Å². The summed E-state index contributed by atoms with van der Waals surface area (Å²) in [5.74, 6) is -0.933. The summed E-state index contributed by atoms with van der Waals surface area (Å²) in [6.45, 7) is -0.125. The van der Waals surface area contributed by atoms with E-state index < -0.39 is 11.7 Å². The summed E-state index contributed by atoms with van der Waals surface area (Å²) in [7, 11) is 3.20. The molecule has 1 aromatic carbocycles. The van der Waals surface area contributed by atoms with Crippen LogP contribution >= 0.6 is 0 Å². The van der Waals surface area contributed by atoms with E-state index in [1.165, 1.54) is 17.2 Å². The number of amides is 2.